The summed E-state index contributed by atoms with van der Waals surface area (Å²) in [6.45, 7) is 9.13. The monoisotopic (exact) mass is 438 g/mol. The molecule has 0 radical (unpaired) electrons. The van der Waals surface area contributed by atoms with E-state index in [1.807, 2.05) is 6.92 Å². The number of carbonyl (C=O) groups is 2. The topological polar surface area (TPSA) is 92.8 Å². The Labute approximate surface area is 175 Å². The first-order valence-corrected chi connectivity index (χ1v) is 11.4. The molecule has 1 heterocycles. The maximum Gasteiger partial charge on any atom is 0.341 e. The number of ether oxygens (including phenoxy) is 1. The lowest BCUT2D eigenvalue weighted by molar-refractivity contribution is 0.0527. The fraction of sp³-hybridized carbons (Fsp3) is 0.400. The Bertz CT molecular complexity index is 1030. The lowest BCUT2D eigenvalue weighted by Gasteiger charge is -2.21. The number of nitrogens with zero attached hydrogens (tertiary/aromatic N) is 1. The van der Waals surface area contributed by atoms with Crippen LogP contribution >= 0.6 is 11.3 Å². The van der Waals surface area contributed by atoms with Gasteiger partial charge in [-0.15, -0.1) is 11.3 Å². The number of carbonyl (C=O) groups excluding carboxylic acids is 2. The molecule has 158 valence electrons. The molecule has 0 saturated heterocycles. The van der Waals surface area contributed by atoms with Gasteiger partial charge in [0.05, 0.1) is 17.1 Å². The first-order chi connectivity index (χ1) is 13.5. The highest BCUT2D eigenvalue weighted by atomic mass is 32.2. The van der Waals surface area contributed by atoms with Gasteiger partial charge < -0.3 is 10.1 Å². The van der Waals surface area contributed by atoms with Crippen molar-refractivity contribution in [1.29, 1.82) is 0 Å². The van der Waals surface area contributed by atoms with E-state index in [2.05, 4.69) is 5.32 Å². The molecule has 7 nitrogen and oxygen atoms in total. The van der Waals surface area contributed by atoms with Gasteiger partial charge in [-0.1, -0.05) is 6.07 Å². The third-order valence-electron chi connectivity index (χ3n) is 4.59. The molecule has 0 bridgehead atoms. The predicted molar refractivity (Wildman–Crippen MR) is 114 cm³/mol. The molecule has 1 amide bonds. The number of thiophene rings is 1. The van der Waals surface area contributed by atoms with Crippen molar-refractivity contribution in [1.82, 2.24) is 4.31 Å². The Morgan fingerprint density at radius 2 is 1.90 bits per heavy atom. The molecule has 0 atom stereocenters. The molecule has 29 heavy (non-hydrogen) atoms. The van der Waals surface area contributed by atoms with Crippen LogP contribution in [0.1, 0.15) is 51.9 Å². The van der Waals surface area contributed by atoms with E-state index in [1.165, 1.54) is 47.0 Å². The third-order valence-corrected chi connectivity index (χ3v) is 7.74. The molecule has 0 unspecified atom stereocenters. The van der Waals surface area contributed by atoms with Gasteiger partial charge in [-0.25, -0.2) is 13.2 Å². The van der Waals surface area contributed by atoms with Crippen LogP contribution in [0.25, 0.3) is 0 Å². The molecule has 9 heteroatoms. The number of amides is 1. The van der Waals surface area contributed by atoms with Crippen LogP contribution in [0.15, 0.2) is 29.2 Å². The number of sulfonamides is 1. The molecule has 0 aliphatic heterocycles. The molecule has 1 aromatic carbocycles. The van der Waals surface area contributed by atoms with Gasteiger partial charge in [0, 0.05) is 23.5 Å². The zero-order valence-corrected chi connectivity index (χ0v) is 19.0. The van der Waals surface area contributed by atoms with Crippen molar-refractivity contribution >= 4 is 38.2 Å². The Balaban J connectivity index is 2.37. The summed E-state index contributed by atoms with van der Waals surface area (Å²) in [6, 6.07) is 5.62. The van der Waals surface area contributed by atoms with E-state index in [9.17, 15) is 18.0 Å². The van der Waals surface area contributed by atoms with Crippen LogP contribution in [-0.2, 0) is 14.8 Å². The van der Waals surface area contributed by atoms with Crippen molar-refractivity contribution in [2.75, 3.05) is 19.0 Å². The van der Waals surface area contributed by atoms with Crippen molar-refractivity contribution in [3.8, 4) is 0 Å². The van der Waals surface area contributed by atoms with Crippen molar-refractivity contribution in [3.05, 3.63) is 45.8 Å². The highest BCUT2D eigenvalue weighted by Gasteiger charge is 2.25. The number of benzene rings is 1. The highest BCUT2D eigenvalue weighted by molar-refractivity contribution is 7.89. The summed E-state index contributed by atoms with van der Waals surface area (Å²) < 4.78 is 31.7. The lowest BCUT2D eigenvalue weighted by atomic mass is 10.1. The smallest absolute Gasteiger partial charge is 0.341 e. The Hall–Kier alpha value is -2.23. The van der Waals surface area contributed by atoms with E-state index in [-0.39, 0.29) is 23.1 Å². The van der Waals surface area contributed by atoms with Gasteiger partial charge in [-0.3, -0.25) is 4.79 Å². The standard InChI is InChI=1S/C20H26N2O5S2/c1-7-27-20(24)17-13(4)14(5)28-19(17)21-18(23)15-9-8-10-16(11-15)29(25,26)22(6)12(2)3/h8-12H,7H2,1-6H3,(H,21,23). The second-order valence-electron chi connectivity index (χ2n) is 6.80. The van der Waals surface area contributed by atoms with E-state index in [4.69, 9.17) is 4.74 Å². The number of rotatable bonds is 7. The number of esters is 1. The van der Waals surface area contributed by atoms with Gasteiger partial charge in [0.1, 0.15) is 5.00 Å². The van der Waals surface area contributed by atoms with Gasteiger partial charge >= 0.3 is 5.97 Å². The van der Waals surface area contributed by atoms with Crippen molar-refractivity contribution in [2.24, 2.45) is 0 Å². The Morgan fingerprint density at radius 1 is 1.24 bits per heavy atom. The zero-order chi connectivity index (χ0) is 21.9. The molecule has 1 aromatic heterocycles. The summed E-state index contributed by atoms with van der Waals surface area (Å²) in [5.74, 6) is -0.999. The van der Waals surface area contributed by atoms with Crippen LogP contribution in [0.3, 0.4) is 0 Å². The molecular formula is C20H26N2O5S2. The van der Waals surface area contributed by atoms with E-state index < -0.39 is 21.9 Å². The number of anilines is 1. The molecule has 0 fully saturated rings. The molecule has 0 aliphatic carbocycles. The molecule has 0 spiro atoms. The first kappa shape index (κ1) is 23.1. The average molecular weight is 439 g/mol. The van der Waals surface area contributed by atoms with Crippen LogP contribution < -0.4 is 5.32 Å². The molecule has 2 aromatic rings. The van der Waals surface area contributed by atoms with E-state index >= 15 is 0 Å². The Morgan fingerprint density at radius 3 is 2.48 bits per heavy atom. The van der Waals surface area contributed by atoms with Crippen LogP contribution in [-0.4, -0.2) is 44.3 Å². The highest BCUT2D eigenvalue weighted by Crippen LogP contribution is 2.33. The summed E-state index contributed by atoms with van der Waals surface area (Å²) in [5.41, 5.74) is 1.26. The van der Waals surface area contributed by atoms with Crippen LogP contribution in [0.4, 0.5) is 5.00 Å². The predicted octanol–water partition coefficient (Wildman–Crippen LogP) is 3.82. The van der Waals surface area contributed by atoms with E-state index in [0.717, 1.165) is 10.4 Å². The van der Waals surface area contributed by atoms with Gasteiger partial charge in [0.15, 0.2) is 0 Å². The number of hydrogen-bond donors (Lipinski definition) is 1. The minimum Gasteiger partial charge on any atom is -0.462 e. The number of hydrogen-bond acceptors (Lipinski definition) is 6. The van der Waals surface area contributed by atoms with Crippen molar-refractivity contribution in [3.63, 3.8) is 0 Å². The summed E-state index contributed by atoms with van der Waals surface area (Å²) in [4.78, 5) is 26.0. The SMILES string of the molecule is CCOC(=O)c1c(NC(=O)c2cccc(S(=O)(=O)N(C)C(C)C)c2)sc(C)c1C. The van der Waals surface area contributed by atoms with Crippen molar-refractivity contribution < 1.29 is 22.7 Å². The molecular weight excluding hydrogens is 412 g/mol. The lowest BCUT2D eigenvalue weighted by Crippen LogP contribution is -2.33. The second kappa shape index (κ2) is 9.06. The summed E-state index contributed by atoms with van der Waals surface area (Å²) >= 11 is 1.28. The largest absolute Gasteiger partial charge is 0.462 e. The molecule has 2 rings (SSSR count). The zero-order valence-electron chi connectivity index (χ0n) is 17.4. The third kappa shape index (κ3) is 4.85. The fourth-order valence-corrected chi connectivity index (χ4v) is 5.04. The maximum absolute atomic E-state index is 12.8. The Kier molecular flexibility index (Phi) is 7.20. The molecule has 0 saturated carbocycles. The summed E-state index contributed by atoms with van der Waals surface area (Å²) in [7, 11) is -2.22. The fourth-order valence-electron chi connectivity index (χ4n) is 2.58. The minimum atomic E-state index is -3.72. The normalized spacial score (nSPS) is 11.7. The maximum atomic E-state index is 12.8. The quantitative estimate of drug-likeness (QED) is 0.664. The van der Waals surface area contributed by atoms with Gasteiger partial charge in [0.25, 0.3) is 5.91 Å². The van der Waals surface area contributed by atoms with Crippen LogP contribution in [0.2, 0.25) is 0 Å². The number of aryl methyl sites for hydroxylation is 1. The summed E-state index contributed by atoms with van der Waals surface area (Å²) in [6.07, 6.45) is 0. The summed E-state index contributed by atoms with van der Waals surface area (Å²) in [5, 5.41) is 3.11. The van der Waals surface area contributed by atoms with Gasteiger partial charge in [-0.05, 0) is 58.4 Å². The van der Waals surface area contributed by atoms with E-state index in [1.54, 1.807) is 27.7 Å². The van der Waals surface area contributed by atoms with Gasteiger partial charge in [-0.2, -0.15) is 4.31 Å². The van der Waals surface area contributed by atoms with Gasteiger partial charge in [0.2, 0.25) is 10.0 Å². The second-order valence-corrected chi connectivity index (χ2v) is 10.0. The van der Waals surface area contributed by atoms with Crippen LogP contribution in [0, 0.1) is 13.8 Å². The molecule has 1 N–H and O–H groups in total. The first-order valence-electron chi connectivity index (χ1n) is 9.17. The van der Waals surface area contributed by atoms with E-state index in [0.29, 0.717) is 10.6 Å². The molecule has 0 aliphatic rings. The number of nitrogens with one attached hydrogen (secondary N) is 1. The van der Waals surface area contributed by atoms with Crippen molar-refractivity contribution in [2.45, 2.75) is 45.6 Å². The van der Waals surface area contributed by atoms with Crippen LogP contribution in [0.5, 0.6) is 0 Å². The average Bonchev–Trinajstić information content (AvgIpc) is 2.94. The minimum absolute atomic E-state index is 0.0329.